The van der Waals surface area contributed by atoms with E-state index in [2.05, 4.69) is 0 Å². The average Bonchev–Trinajstić information content (AvgIpc) is 2.90. The second-order valence-electron chi connectivity index (χ2n) is 12.9. The summed E-state index contributed by atoms with van der Waals surface area (Å²) in [4.78, 5) is 59.7. The Hall–Kier alpha value is -3.64. The third kappa shape index (κ3) is 4.66. The molecule has 2 fully saturated rings. The summed E-state index contributed by atoms with van der Waals surface area (Å²) < 4.78 is 0. The molecule has 5 rings (SSSR count). The highest BCUT2D eigenvalue weighted by atomic mass is 16.3. The molecule has 2 saturated carbocycles. The Bertz CT molecular complexity index is 1500. The van der Waals surface area contributed by atoms with Crippen LogP contribution in [0.1, 0.15) is 27.9 Å². The first-order valence-electron chi connectivity index (χ1n) is 14.4. The van der Waals surface area contributed by atoms with Crippen molar-refractivity contribution in [2.75, 3.05) is 47.2 Å². The molecule has 11 nitrogen and oxygen atoms in total. The summed E-state index contributed by atoms with van der Waals surface area (Å²) in [6.45, 7) is 0.730. The fourth-order valence-electron chi connectivity index (χ4n) is 7.64. The van der Waals surface area contributed by atoms with Gasteiger partial charge in [0, 0.05) is 43.9 Å². The largest absolute Gasteiger partial charge is 0.507 e. The lowest BCUT2D eigenvalue weighted by Crippen LogP contribution is -2.75. The van der Waals surface area contributed by atoms with Crippen molar-refractivity contribution in [2.45, 2.75) is 37.1 Å². The number of Topliss-reactive ketones (excluding diaryl/α,β-unsaturated/α-hetero) is 3. The van der Waals surface area contributed by atoms with Crippen LogP contribution in [-0.2, 0) is 27.3 Å². The number of primary amides is 1. The predicted octanol–water partition coefficient (Wildman–Crippen LogP) is 0.453. The van der Waals surface area contributed by atoms with Crippen molar-refractivity contribution < 1.29 is 34.5 Å². The topological polar surface area (TPSA) is 165 Å². The molecule has 1 amide bonds. The van der Waals surface area contributed by atoms with Crippen LogP contribution in [0.5, 0.6) is 5.75 Å². The van der Waals surface area contributed by atoms with Crippen LogP contribution in [0.3, 0.4) is 0 Å². The number of carbonyl (C=O) groups excluding carboxylic acids is 4. The van der Waals surface area contributed by atoms with Crippen LogP contribution in [0.25, 0.3) is 11.1 Å². The minimum absolute atomic E-state index is 0.00544. The summed E-state index contributed by atoms with van der Waals surface area (Å²) in [6, 6.07) is 8.51. The van der Waals surface area contributed by atoms with Crippen molar-refractivity contribution in [2.24, 2.45) is 29.4 Å². The van der Waals surface area contributed by atoms with E-state index in [0.29, 0.717) is 22.4 Å². The zero-order valence-electron chi connectivity index (χ0n) is 25.4. The number of nitrogens with zero attached hydrogens (tertiary/aromatic N) is 3. The van der Waals surface area contributed by atoms with Gasteiger partial charge in [-0.2, -0.15) is 0 Å². The Kier molecular flexibility index (Phi) is 7.75. The van der Waals surface area contributed by atoms with Gasteiger partial charge in [0.05, 0.1) is 17.6 Å². The molecule has 0 spiro atoms. The predicted molar refractivity (Wildman–Crippen MR) is 160 cm³/mol. The molecule has 3 aliphatic rings. The number of anilines is 1. The van der Waals surface area contributed by atoms with Crippen molar-refractivity contribution in [1.82, 2.24) is 9.80 Å². The minimum atomic E-state index is -2.69. The number of nitrogens with two attached hydrogens (primary N) is 1. The van der Waals surface area contributed by atoms with Gasteiger partial charge in [-0.15, -0.1) is 0 Å². The Morgan fingerprint density at radius 2 is 1.65 bits per heavy atom. The van der Waals surface area contributed by atoms with Gasteiger partial charge in [0.1, 0.15) is 11.7 Å². The maximum atomic E-state index is 14.3. The van der Waals surface area contributed by atoms with Crippen LogP contribution in [0, 0.1) is 23.7 Å². The van der Waals surface area contributed by atoms with Gasteiger partial charge in [-0.25, -0.2) is 0 Å². The number of hydrogen-bond donors (Lipinski definition) is 4. The molecule has 0 aliphatic heterocycles. The second kappa shape index (κ2) is 10.8. The smallest absolute Gasteiger partial charge is 0.230 e. The van der Waals surface area contributed by atoms with Crippen molar-refractivity contribution >= 4 is 28.9 Å². The van der Waals surface area contributed by atoms with E-state index in [-0.39, 0.29) is 24.2 Å². The number of phenolic OH excluding ortho intramolecular Hbond substituents is 1. The minimum Gasteiger partial charge on any atom is -0.507 e. The van der Waals surface area contributed by atoms with Crippen LogP contribution in [-0.4, -0.2) is 108 Å². The average molecular weight is 593 g/mol. The standard InChI is InChI=1S/C32H40N4O7/c1-34(2)14-15-7-9-16(10-8-15)18-13-21(35(3)4)19-11-17-12-20-25(36(5)6)28(39)24(31(33)42)30(41)32(20,43)29(40)22(17)27(38)23(19)26(18)37/h7-10,13,17,20,22,24-25,28,37,39,43H,11-12,14H2,1-6H3,(H2,33,42)/t17-,20-,22?,24?,25-,28?,32-/m1/s1. The van der Waals surface area contributed by atoms with Gasteiger partial charge >= 0.3 is 0 Å². The molecule has 0 heterocycles. The maximum absolute atomic E-state index is 14.3. The number of aromatic hydroxyl groups is 1. The third-order valence-corrected chi connectivity index (χ3v) is 9.51. The summed E-state index contributed by atoms with van der Waals surface area (Å²) in [5, 5.41) is 34.5. The summed E-state index contributed by atoms with van der Waals surface area (Å²) >= 11 is 0. The lowest BCUT2D eigenvalue weighted by atomic mass is 9.52. The van der Waals surface area contributed by atoms with Gasteiger partial charge in [0.15, 0.2) is 23.0 Å². The number of likely N-dealkylation sites (N-methyl/N-ethyl adjacent to an activating group) is 1. The Morgan fingerprint density at radius 1 is 1.02 bits per heavy atom. The van der Waals surface area contributed by atoms with Gasteiger partial charge in [0.2, 0.25) is 5.91 Å². The van der Waals surface area contributed by atoms with Crippen molar-refractivity contribution in [3.05, 3.63) is 47.0 Å². The van der Waals surface area contributed by atoms with Crippen LogP contribution in [0.15, 0.2) is 30.3 Å². The number of ketones is 3. The fraction of sp³-hybridized carbons (Fsp3) is 0.500. The van der Waals surface area contributed by atoms with E-state index in [0.717, 1.165) is 12.1 Å². The zero-order chi connectivity index (χ0) is 31.7. The maximum Gasteiger partial charge on any atom is 0.230 e. The highest BCUT2D eigenvalue weighted by molar-refractivity contribution is 6.26. The lowest BCUT2D eigenvalue weighted by Gasteiger charge is -2.55. The molecule has 3 unspecified atom stereocenters. The molecule has 230 valence electrons. The molecule has 0 bridgehead atoms. The van der Waals surface area contributed by atoms with Gasteiger partial charge in [-0.3, -0.25) is 19.2 Å². The molecule has 7 atom stereocenters. The number of aliphatic hydroxyl groups is 2. The van der Waals surface area contributed by atoms with Crippen LogP contribution in [0.4, 0.5) is 5.69 Å². The summed E-state index contributed by atoms with van der Waals surface area (Å²) in [5.41, 5.74) is 6.23. The molecule has 5 N–H and O–H groups in total. The molecule has 0 aromatic heterocycles. The molecule has 0 radical (unpaired) electrons. The molecule has 0 saturated heterocycles. The molecule has 3 aliphatic carbocycles. The number of fused-ring (bicyclic) bond motifs is 3. The van der Waals surface area contributed by atoms with E-state index >= 15 is 0 Å². The number of phenols is 1. The van der Waals surface area contributed by atoms with E-state index in [9.17, 15) is 34.5 Å². The van der Waals surface area contributed by atoms with Gasteiger partial charge < -0.3 is 35.8 Å². The second-order valence-corrected chi connectivity index (χ2v) is 12.9. The number of aliphatic hydroxyl groups excluding tert-OH is 1. The molecular formula is C32H40N4O7. The van der Waals surface area contributed by atoms with Crippen molar-refractivity contribution in [3.63, 3.8) is 0 Å². The molecular weight excluding hydrogens is 552 g/mol. The molecule has 43 heavy (non-hydrogen) atoms. The Balaban J connectivity index is 1.64. The quantitative estimate of drug-likeness (QED) is 0.346. The van der Waals surface area contributed by atoms with E-state index in [1.807, 2.05) is 68.3 Å². The summed E-state index contributed by atoms with van der Waals surface area (Å²) in [6.07, 6.45) is -1.23. The SMILES string of the molecule is CN(C)Cc1ccc(-c2cc(N(C)C)c3c(c2O)C(=O)C2C(=O)[C@@]4(O)C(=O)C(C(N)=O)C(O)[C@H](N(C)C)[C@H]4C[C@H]2C3)cc1. The monoisotopic (exact) mass is 592 g/mol. The van der Waals surface area contributed by atoms with E-state index < -0.39 is 64.7 Å². The first-order chi connectivity index (χ1) is 20.1. The first kappa shape index (κ1) is 30.8. The van der Waals surface area contributed by atoms with Gasteiger partial charge in [-0.1, -0.05) is 24.3 Å². The van der Waals surface area contributed by atoms with Crippen LogP contribution >= 0.6 is 0 Å². The van der Waals surface area contributed by atoms with E-state index in [1.54, 1.807) is 19.0 Å². The van der Waals surface area contributed by atoms with E-state index in [4.69, 9.17) is 5.73 Å². The number of carbonyl (C=O) groups is 4. The highest BCUT2D eigenvalue weighted by Gasteiger charge is 2.69. The molecule has 2 aromatic carbocycles. The number of rotatable bonds is 6. The fourth-order valence-corrected chi connectivity index (χ4v) is 7.64. The number of hydrogen-bond acceptors (Lipinski definition) is 10. The zero-order valence-corrected chi connectivity index (χ0v) is 25.4. The van der Waals surface area contributed by atoms with E-state index in [1.165, 1.54) is 0 Å². The third-order valence-electron chi connectivity index (χ3n) is 9.51. The highest BCUT2D eigenvalue weighted by Crippen LogP contribution is 2.53. The van der Waals surface area contributed by atoms with Crippen molar-refractivity contribution in [3.8, 4) is 16.9 Å². The van der Waals surface area contributed by atoms with Crippen molar-refractivity contribution in [1.29, 1.82) is 0 Å². The Labute approximate surface area is 250 Å². The first-order valence-corrected chi connectivity index (χ1v) is 14.4. The summed E-state index contributed by atoms with van der Waals surface area (Å²) in [5.74, 6) is -9.17. The summed E-state index contributed by atoms with van der Waals surface area (Å²) in [7, 11) is 10.8. The lowest BCUT2D eigenvalue weighted by molar-refractivity contribution is -0.190. The Morgan fingerprint density at radius 3 is 2.19 bits per heavy atom. The molecule has 11 heteroatoms. The van der Waals surface area contributed by atoms with Gasteiger partial charge in [-0.05, 0) is 69.7 Å². The van der Waals surface area contributed by atoms with Gasteiger partial charge in [0.25, 0.3) is 0 Å². The number of amides is 1. The normalized spacial score (nSPS) is 30.2. The molecule has 2 aromatic rings. The van der Waals surface area contributed by atoms with Crippen LogP contribution < -0.4 is 10.6 Å². The number of benzene rings is 2. The van der Waals surface area contributed by atoms with Crippen LogP contribution in [0.2, 0.25) is 0 Å².